The lowest BCUT2D eigenvalue weighted by atomic mass is 9.96. The summed E-state index contributed by atoms with van der Waals surface area (Å²) < 4.78 is 10.5. The molecule has 1 unspecified atom stereocenters. The Hall–Kier alpha value is -4.81. The quantitative estimate of drug-likeness (QED) is 0.112. The molecule has 3 amide bonds. The van der Waals surface area contributed by atoms with Gasteiger partial charge in [-0.1, -0.05) is 86.6 Å². The van der Waals surface area contributed by atoms with Gasteiger partial charge in [0, 0.05) is 17.7 Å². The van der Waals surface area contributed by atoms with Crippen LogP contribution in [0.1, 0.15) is 55.3 Å². The number of hydrogen-bond acceptors (Lipinski definition) is 9. The molecule has 0 spiro atoms. The highest BCUT2D eigenvalue weighted by atomic mass is 32.1. The Kier molecular flexibility index (Phi) is 14.3. The molecule has 0 radical (unpaired) electrons. The fourth-order valence-electron chi connectivity index (χ4n) is 5.63. The Morgan fingerprint density at radius 2 is 1.52 bits per heavy atom. The zero-order chi connectivity index (χ0) is 36.0. The maximum absolute atomic E-state index is 14.2. The zero-order valence-corrected chi connectivity index (χ0v) is 29.7. The second-order valence-electron chi connectivity index (χ2n) is 12.5. The fourth-order valence-corrected chi connectivity index (χ4v) is 6.46. The van der Waals surface area contributed by atoms with Crippen LogP contribution in [-0.2, 0) is 43.3 Å². The molecule has 266 valence electrons. The zero-order valence-electron chi connectivity index (χ0n) is 28.9. The number of nitrogens with zero attached hydrogens (tertiary/aromatic N) is 1. The topological polar surface area (TPSA) is 156 Å². The highest BCUT2D eigenvalue weighted by molar-refractivity contribution is 7.09. The molecule has 0 bridgehead atoms. The monoisotopic (exact) mass is 702 g/mol. The van der Waals surface area contributed by atoms with Crippen LogP contribution in [0.25, 0.3) is 10.8 Å². The van der Waals surface area contributed by atoms with Gasteiger partial charge in [0.1, 0.15) is 18.7 Å². The predicted molar refractivity (Wildman–Crippen MR) is 192 cm³/mol. The molecular formula is C38H46N4O7S. The van der Waals surface area contributed by atoms with E-state index in [1.807, 2.05) is 93.6 Å². The van der Waals surface area contributed by atoms with Crippen LogP contribution in [0.4, 0.5) is 4.79 Å². The standard InChI is InChI=1S/C38H46N4O7S/c1-5-48-35(44)21-33(43)30(18-24(2)3)40-37(46)32(20-34-25(4)39-23-50-34)41-36(45)31(42-38(47)49-22-26-12-7-6-8-13-26)19-28-16-11-15-27-14-9-10-17-29(27)28/h6-17,23-24,30-33,43H,5,18-22H2,1-4H3,(H,40,46)(H,41,45)(H,42,47)/t30-,31-,32?,33-/m0/s1. The molecule has 0 saturated carbocycles. The molecule has 12 heteroatoms. The number of benzene rings is 3. The van der Waals surface area contributed by atoms with Crippen molar-refractivity contribution in [1.29, 1.82) is 0 Å². The normalized spacial score (nSPS) is 13.6. The van der Waals surface area contributed by atoms with Crippen LogP contribution in [0.3, 0.4) is 0 Å². The Morgan fingerprint density at radius 3 is 2.22 bits per heavy atom. The third-order valence-electron chi connectivity index (χ3n) is 8.19. The van der Waals surface area contributed by atoms with Crippen molar-refractivity contribution in [3.8, 4) is 0 Å². The Bertz CT molecular complexity index is 1720. The number of thiazole rings is 1. The average molecular weight is 703 g/mol. The van der Waals surface area contributed by atoms with Crippen molar-refractivity contribution in [2.45, 2.75) is 84.2 Å². The van der Waals surface area contributed by atoms with Crippen LogP contribution >= 0.6 is 11.3 Å². The highest BCUT2D eigenvalue weighted by Gasteiger charge is 2.32. The lowest BCUT2D eigenvalue weighted by Gasteiger charge is -2.28. The summed E-state index contributed by atoms with van der Waals surface area (Å²) in [6.45, 7) is 7.56. The van der Waals surface area contributed by atoms with Crippen molar-refractivity contribution in [2.24, 2.45) is 5.92 Å². The highest BCUT2D eigenvalue weighted by Crippen LogP contribution is 2.21. The SMILES string of the molecule is CCOC(=O)C[C@H](O)[C@H](CC(C)C)NC(=O)C(Cc1scnc1C)NC(=O)[C@H](Cc1cccc2ccccc12)NC(=O)OCc1ccccc1. The number of alkyl carbamates (subject to hydrolysis) is 1. The summed E-state index contributed by atoms with van der Waals surface area (Å²) >= 11 is 1.36. The molecule has 4 rings (SSSR count). The van der Waals surface area contributed by atoms with E-state index < -0.39 is 48.1 Å². The third-order valence-corrected chi connectivity index (χ3v) is 9.15. The lowest BCUT2D eigenvalue weighted by Crippen LogP contribution is -2.57. The lowest BCUT2D eigenvalue weighted by molar-refractivity contribution is -0.146. The van der Waals surface area contributed by atoms with Gasteiger partial charge in [0.25, 0.3) is 0 Å². The second kappa shape index (κ2) is 18.8. The maximum Gasteiger partial charge on any atom is 0.408 e. The molecule has 0 aliphatic rings. The Labute approximate surface area is 296 Å². The Morgan fingerprint density at radius 1 is 0.840 bits per heavy atom. The van der Waals surface area contributed by atoms with E-state index in [1.54, 1.807) is 12.4 Å². The molecule has 0 saturated heterocycles. The molecule has 50 heavy (non-hydrogen) atoms. The van der Waals surface area contributed by atoms with Gasteiger partial charge in [-0.3, -0.25) is 14.4 Å². The van der Waals surface area contributed by atoms with Gasteiger partial charge < -0.3 is 30.5 Å². The van der Waals surface area contributed by atoms with Gasteiger partial charge in [0.05, 0.1) is 36.4 Å². The number of esters is 1. The summed E-state index contributed by atoms with van der Waals surface area (Å²) in [6, 6.07) is 19.7. The van der Waals surface area contributed by atoms with E-state index in [0.717, 1.165) is 32.5 Å². The largest absolute Gasteiger partial charge is 0.466 e. The minimum absolute atomic E-state index is 0.0102. The molecule has 4 atom stereocenters. The van der Waals surface area contributed by atoms with Gasteiger partial charge in [-0.05, 0) is 48.1 Å². The van der Waals surface area contributed by atoms with E-state index >= 15 is 0 Å². The van der Waals surface area contributed by atoms with E-state index in [9.17, 15) is 24.3 Å². The van der Waals surface area contributed by atoms with Crippen LogP contribution in [0.5, 0.6) is 0 Å². The first-order valence-corrected chi connectivity index (χ1v) is 17.7. The first-order valence-electron chi connectivity index (χ1n) is 16.8. The first-order chi connectivity index (χ1) is 24.0. The number of amides is 3. The van der Waals surface area contributed by atoms with E-state index in [1.165, 1.54) is 11.3 Å². The number of aryl methyl sites for hydroxylation is 1. The number of ether oxygens (including phenoxy) is 2. The maximum atomic E-state index is 14.2. The molecule has 11 nitrogen and oxygen atoms in total. The van der Waals surface area contributed by atoms with Crippen molar-refractivity contribution in [1.82, 2.24) is 20.9 Å². The molecule has 0 fully saturated rings. The van der Waals surface area contributed by atoms with Crippen LogP contribution in [0.2, 0.25) is 0 Å². The van der Waals surface area contributed by atoms with Gasteiger partial charge in [-0.15, -0.1) is 11.3 Å². The second-order valence-corrected chi connectivity index (χ2v) is 13.5. The van der Waals surface area contributed by atoms with Crippen molar-refractivity contribution in [2.75, 3.05) is 6.61 Å². The van der Waals surface area contributed by atoms with Crippen LogP contribution in [-0.4, -0.2) is 64.8 Å². The van der Waals surface area contributed by atoms with Crippen molar-refractivity contribution < 1.29 is 33.8 Å². The number of hydrogen-bond donors (Lipinski definition) is 4. The number of nitrogens with one attached hydrogen (secondary N) is 3. The minimum atomic E-state index is -1.21. The number of aromatic nitrogens is 1. The van der Waals surface area contributed by atoms with E-state index in [2.05, 4.69) is 20.9 Å². The van der Waals surface area contributed by atoms with Crippen LogP contribution in [0.15, 0.2) is 78.3 Å². The predicted octanol–water partition coefficient (Wildman–Crippen LogP) is 5.01. The van der Waals surface area contributed by atoms with Crippen molar-refractivity contribution in [3.63, 3.8) is 0 Å². The van der Waals surface area contributed by atoms with Gasteiger partial charge in [-0.2, -0.15) is 0 Å². The number of aliphatic hydroxyl groups is 1. The molecule has 0 aliphatic heterocycles. The van der Waals surface area contributed by atoms with Gasteiger partial charge in [-0.25, -0.2) is 9.78 Å². The Balaban J connectivity index is 1.59. The summed E-state index contributed by atoms with van der Waals surface area (Å²) in [5, 5.41) is 21.4. The molecule has 1 aromatic heterocycles. The number of fused-ring (bicyclic) bond motifs is 1. The van der Waals surface area contributed by atoms with Gasteiger partial charge in [0.2, 0.25) is 11.8 Å². The smallest absolute Gasteiger partial charge is 0.408 e. The van der Waals surface area contributed by atoms with E-state index in [4.69, 9.17) is 9.47 Å². The third kappa shape index (κ3) is 11.4. The van der Waals surface area contributed by atoms with E-state index in [0.29, 0.717) is 6.42 Å². The summed E-state index contributed by atoms with van der Waals surface area (Å²) in [7, 11) is 0. The van der Waals surface area contributed by atoms with Crippen LogP contribution in [0, 0.1) is 12.8 Å². The molecule has 4 N–H and O–H groups in total. The number of carbonyl (C=O) groups excluding carboxylic acids is 4. The summed E-state index contributed by atoms with van der Waals surface area (Å²) in [4.78, 5) is 58.5. The van der Waals surface area contributed by atoms with Gasteiger partial charge in [0.15, 0.2) is 0 Å². The number of aliphatic hydroxyl groups excluding tert-OH is 1. The first kappa shape index (κ1) is 38.0. The molecule has 4 aromatic rings. The van der Waals surface area contributed by atoms with Crippen molar-refractivity contribution in [3.05, 3.63) is 100 Å². The average Bonchev–Trinajstić information content (AvgIpc) is 3.50. The number of rotatable bonds is 17. The molecule has 3 aromatic carbocycles. The van der Waals surface area contributed by atoms with E-state index in [-0.39, 0.29) is 38.4 Å². The van der Waals surface area contributed by atoms with Crippen LogP contribution < -0.4 is 16.0 Å². The van der Waals surface area contributed by atoms with Gasteiger partial charge >= 0.3 is 12.1 Å². The summed E-state index contributed by atoms with van der Waals surface area (Å²) in [5.74, 6) is -1.64. The summed E-state index contributed by atoms with van der Waals surface area (Å²) in [6.07, 6.45) is -1.66. The molecule has 1 heterocycles. The number of carbonyl (C=O) groups is 4. The minimum Gasteiger partial charge on any atom is -0.466 e. The summed E-state index contributed by atoms with van der Waals surface area (Å²) in [5.41, 5.74) is 4.00. The molecule has 0 aliphatic carbocycles. The van der Waals surface area contributed by atoms with Crippen molar-refractivity contribution >= 4 is 46.0 Å². The fraction of sp³-hybridized carbons (Fsp3) is 0.395. The molecular weight excluding hydrogens is 657 g/mol.